The van der Waals surface area contributed by atoms with Crippen LogP contribution in [0.4, 0.5) is 5.69 Å². The van der Waals surface area contributed by atoms with Gasteiger partial charge >= 0.3 is 0 Å². The van der Waals surface area contributed by atoms with Crippen molar-refractivity contribution in [1.29, 1.82) is 10.5 Å². The fourth-order valence-corrected chi connectivity index (χ4v) is 0.804. The molecule has 1 aromatic rings. The molecule has 1 rings (SSSR count). The van der Waals surface area contributed by atoms with Crippen molar-refractivity contribution in [3.05, 3.63) is 29.3 Å². The van der Waals surface area contributed by atoms with Gasteiger partial charge in [0, 0.05) is 0 Å². The molecule has 0 aliphatic carbocycles. The minimum absolute atomic E-state index is 0.247. The molecule has 1 aromatic carbocycles. The molecule has 0 spiro atoms. The number of hydrogen-bond acceptors (Lipinski definition) is 4. The number of nitriles is 2. The van der Waals surface area contributed by atoms with E-state index in [1.54, 1.807) is 0 Å². The summed E-state index contributed by atoms with van der Waals surface area (Å²) in [6.45, 7) is 0. The minimum Gasteiger partial charge on any atom is -0.291 e. The summed E-state index contributed by atoms with van der Waals surface area (Å²) in [5.74, 6) is 0. The zero-order valence-corrected chi connectivity index (χ0v) is 6.07. The van der Waals surface area contributed by atoms with E-state index >= 15 is 0 Å². The zero-order chi connectivity index (χ0) is 8.97. The summed E-state index contributed by atoms with van der Waals surface area (Å²) in [4.78, 5) is 0. The number of benzene rings is 1. The first-order valence-corrected chi connectivity index (χ1v) is 3.16. The van der Waals surface area contributed by atoms with Crippen molar-refractivity contribution in [3.8, 4) is 12.1 Å². The average molecular weight is 159 g/mol. The Morgan fingerprint density at radius 3 is 2.50 bits per heavy atom. The van der Waals surface area contributed by atoms with E-state index in [1.165, 1.54) is 18.2 Å². The van der Waals surface area contributed by atoms with Gasteiger partial charge in [-0.3, -0.25) is 10.7 Å². The van der Waals surface area contributed by atoms with Crippen LogP contribution in [0.2, 0.25) is 0 Å². The Labute approximate surface area is 69.2 Å². The third-order valence-electron chi connectivity index (χ3n) is 1.39. The number of rotatable bonds is 1. The molecule has 0 heterocycles. The van der Waals surface area contributed by atoms with Gasteiger partial charge in [0.1, 0.15) is 6.07 Å². The van der Waals surface area contributed by atoms with Crippen molar-refractivity contribution in [2.75, 3.05) is 5.48 Å². The summed E-state index contributed by atoms with van der Waals surface area (Å²) in [7, 11) is 0. The van der Waals surface area contributed by atoms with Gasteiger partial charge < -0.3 is 0 Å². The quantitative estimate of drug-likeness (QED) is 0.604. The maximum atomic E-state index is 8.56. The molecule has 2 N–H and O–H groups in total. The second-order valence-electron chi connectivity index (χ2n) is 2.10. The van der Waals surface area contributed by atoms with Crippen LogP contribution < -0.4 is 5.48 Å². The highest BCUT2D eigenvalue weighted by atomic mass is 16.5. The third-order valence-corrected chi connectivity index (χ3v) is 1.39. The van der Waals surface area contributed by atoms with Crippen LogP contribution in [0.25, 0.3) is 0 Å². The van der Waals surface area contributed by atoms with E-state index in [-0.39, 0.29) is 5.56 Å². The molecule has 0 aliphatic heterocycles. The first kappa shape index (κ1) is 8.06. The molecule has 58 valence electrons. The number of anilines is 1. The van der Waals surface area contributed by atoms with E-state index in [0.29, 0.717) is 11.3 Å². The fraction of sp³-hybridized carbons (Fsp3) is 0. The van der Waals surface area contributed by atoms with Crippen LogP contribution in [0.1, 0.15) is 11.1 Å². The molecule has 0 saturated heterocycles. The van der Waals surface area contributed by atoms with Crippen LogP contribution in [-0.2, 0) is 0 Å². The van der Waals surface area contributed by atoms with Gasteiger partial charge in [-0.25, -0.2) is 0 Å². The summed E-state index contributed by atoms with van der Waals surface area (Å²) < 4.78 is 0. The predicted octanol–water partition coefficient (Wildman–Crippen LogP) is 1.23. The van der Waals surface area contributed by atoms with Gasteiger partial charge in [-0.2, -0.15) is 10.5 Å². The molecule has 0 unspecified atom stereocenters. The Morgan fingerprint density at radius 2 is 2.00 bits per heavy atom. The molecule has 4 nitrogen and oxygen atoms in total. The summed E-state index contributed by atoms with van der Waals surface area (Å²) >= 11 is 0. The van der Waals surface area contributed by atoms with Crippen LogP contribution in [0.5, 0.6) is 0 Å². The van der Waals surface area contributed by atoms with Gasteiger partial charge in [-0.15, -0.1) is 0 Å². The van der Waals surface area contributed by atoms with Crippen molar-refractivity contribution >= 4 is 5.69 Å². The topological polar surface area (TPSA) is 79.8 Å². The minimum atomic E-state index is 0.247. The standard InChI is InChI=1S/C8H5N3O/c9-4-6-1-2-8(11-12)7(3-6)5-10/h1-3,11-12H. The summed E-state index contributed by atoms with van der Waals surface area (Å²) in [5, 5.41) is 25.6. The molecular formula is C8H5N3O. The normalized spacial score (nSPS) is 8.25. The molecule has 0 atom stereocenters. The maximum Gasteiger partial charge on any atom is 0.101 e. The van der Waals surface area contributed by atoms with Gasteiger partial charge in [-0.1, -0.05) is 0 Å². The van der Waals surface area contributed by atoms with Gasteiger partial charge in [0.2, 0.25) is 0 Å². The molecular weight excluding hydrogens is 154 g/mol. The summed E-state index contributed by atoms with van der Waals surface area (Å²) in [6, 6.07) is 8.12. The first-order chi connectivity index (χ1) is 5.81. The van der Waals surface area contributed by atoms with Crippen LogP contribution in [0.15, 0.2) is 18.2 Å². The van der Waals surface area contributed by atoms with Crippen LogP contribution in [-0.4, -0.2) is 5.21 Å². The Balaban J connectivity index is 3.24. The maximum absolute atomic E-state index is 8.56. The SMILES string of the molecule is N#Cc1ccc(NO)c(C#N)c1. The highest BCUT2D eigenvalue weighted by Gasteiger charge is 2.00. The molecule has 12 heavy (non-hydrogen) atoms. The first-order valence-electron chi connectivity index (χ1n) is 3.16. The lowest BCUT2D eigenvalue weighted by atomic mass is 10.1. The van der Waals surface area contributed by atoms with Gasteiger partial charge in [-0.05, 0) is 18.2 Å². The highest BCUT2D eigenvalue weighted by Crippen LogP contribution is 2.14. The van der Waals surface area contributed by atoms with E-state index in [1.807, 2.05) is 17.6 Å². The second kappa shape index (κ2) is 3.38. The largest absolute Gasteiger partial charge is 0.291 e. The summed E-state index contributed by atoms with van der Waals surface area (Å²) in [5.41, 5.74) is 2.81. The molecule has 4 heteroatoms. The van der Waals surface area contributed by atoms with Gasteiger partial charge in [0.05, 0.1) is 22.9 Å². The summed E-state index contributed by atoms with van der Waals surface area (Å²) in [6.07, 6.45) is 0. The van der Waals surface area contributed by atoms with Crippen molar-refractivity contribution in [3.63, 3.8) is 0 Å². The molecule has 0 radical (unpaired) electrons. The second-order valence-corrected chi connectivity index (χ2v) is 2.10. The highest BCUT2D eigenvalue weighted by molar-refractivity contribution is 5.58. The number of nitrogens with one attached hydrogen (secondary N) is 1. The Bertz CT molecular complexity index is 373. The van der Waals surface area contributed by atoms with Gasteiger partial charge in [0.15, 0.2) is 0 Å². The number of nitrogens with zero attached hydrogens (tertiary/aromatic N) is 2. The lowest BCUT2D eigenvalue weighted by Gasteiger charge is -1.99. The predicted molar refractivity (Wildman–Crippen MR) is 41.3 cm³/mol. The van der Waals surface area contributed by atoms with Crippen molar-refractivity contribution in [1.82, 2.24) is 0 Å². The molecule has 0 fully saturated rings. The van der Waals surface area contributed by atoms with Crippen molar-refractivity contribution < 1.29 is 5.21 Å². The molecule has 0 saturated carbocycles. The molecule has 0 aliphatic rings. The lowest BCUT2D eigenvalue weighted by molar-refractivity contribution is 0.388. The van der Waals surface area contributed by atoms with Crippen molar-refractivity contribution in [2.24, 2.45) is 0 Å². The fourth-order valence-electron chi connectivity index (χ4n) is 0.804. The van der Waals surface area contributed by atoms with E-state index in [0.717, 1.165) is 0 Å². The van der Waals surface area contributed by atoms with Gasteiger partial charge in [0.25, 0.3) is 0 Å². The molecule has 0 bridgehead atoms. The molecule has 0 aromatic heterocycles. The van der Waals surface area contributed by atoms with Crippen molar-refractivity contribution in [2.45, 2.75) is 0 Å². The number of hydrogen-bond donors (Lipinski definition) is 2. The van der Waals surface area contributed by atoms with E-state index in [4.69, 9.17) is 15.7 Å². The smallest absolute Gasteiger partial charge is 0.101 e. The van der Waals surface area contributed by atoms with E-state index < -0.39 is 0 Å². The third kappa shape index (κ3) is 1.34. The van der Waals surface area contributed by atoms with Crippen LogP contribution >= 0.6 is 0 Å². The van der Waals surface area contributed by atoms with Crippen LogP contribution in [0.3, 0.4) is 0 Å². The zero-order valence-electron chi connectivity index (χ0n) is 6.07. The van der Waals surface area contributed by atoms with E-state index in [9.17, 15) is 0 Å². The molecule has 0 amide bonds. The van der Waals surface area contributed by atoms with Crippen LogP contribution in [0, 0.1) is 22.7 Å². The average Bonchev–Trinajstić information content (AvgIpc) is 2.16. The monoisotopic (exact) mass is 159 g/mol. The Morgan fingerprint density at radius 1 is 1.25 bits per heavy atom. The Hall–Kier alpha value is -2.04. The Kier molecular flexibility index (Phi) is 2.27. The lowest BCUT2D eigenvalue weighted by Crippen LogP contribution is -1.93. The van der Waals surface area contributed by atoms with E-state index in [2.05, 4.69) is 0 Å².